The summed E-state index contributed by atoms with van der Waals surface area (Å²) < 4.78 is 5.14. The molecule has 0 bridgehead atoms. The van der Waals surface area contributed by atoms with E-state index in [1.807, 2.05) is 0 Å². The van der Waals surface area contributed by atoms with Crippen LogP contribution in [-0.4, -0.2) is 40.5 Å². The molecule has 0 radical (unpaired) electrons. The van der Waals surface area contributed by atoms with Crippen molar-refractivity contribution in [2.75, 3.05) is 13.6 Å². The molecule has 0 saturated carbocycles. The Morgan fingerprint density at radius 3 is 3.06 bits per heavy atom. The predicted octanol–water partition coefficient (Wildman–Crippen LogP) is 0.838. The third kappa shape index (κ3) is 2.66. The van der Waals surface area contributed by atoms with Gasteiger partial charge in [0.1, 0.15) is 5.78 Å². The molecule has 0 N–H and O–H groups in total. The number of likely N-dealkylation sites (N-methyl/N-ethyl adjacent to an activating group) is 1. The predicted molar refractivity (Wildman–Crippen MR) is 58.0 cm³/mol. The van der Waals surface area contributed by atoms with Gasteiger partial charge in [-0.2, -0.15) is 4.98 Å². The van der Waals surface area contributed by atoms with Crippen LogP contribution in [0.25, 0.3) is 0 Å². The van der Waals surface area contributed by atoms with Gasteiger partial charge in [-0.25, -0.2) is 0 Å². The van der Waals surface area contributed by atoms with E-state index >= 15 is 0 Å². The van der Waals surface area contributed by atoms with Gasteiger partial charge in [-0.05, 0) is 33.4 Å². The van der Waals surface area contributed by atoms with Gasteiger partial charge in [0.05, 0.1) is 6.42 Å². The highest BCUT2D eigenvalue weighted by molar-refractivity contribution is 5.77. The Labute approximate surface area is 94.8 Å². The van der Waals surface area contributed by atoms with Gasteiger partial charge in [-0.3, -0.25) is 4.79 Å². The molecule has 1 aliphatic rings. The summed E-state index contributed by atoms with van der Waals surface area (Å²) in [6.45, 7) is 2.67. The zero-order chi connectivity index (χ0) is 11.5. The number of nitrogens with zero attached hydrogens (tertiary/aromatic N) is 3. The number of ketones is 1. The molecule has 16 heavy (non-hydrogen) atoms. The second kappa shape index (κ2) is 4.74. The maximum atomic E-state index is 10.9. The summed E-state index contributed by atoms with van der Waals surface area (Å²) in [5.41, 5.74) is 0. The van der Waals surface area contributed by atoms with Crippen molar-refractivity contribution in [1.82, 2.24) is 15.0 Å². The molecule has 0 aliphatic carbocycles. The Balaban J connectivity index is 1.94. The molecule has 1 aromatic rings. The number of carbonyl (C=O) groups excluding carboxylic acids is 1. The van der Waals surface area contributed by atoms with Gasteiger partial charge >= 0.3 is 0 Å². The van der Waals surface area contributed by atoms with Crippen LogP contribution in [0.3, 0.4) is 0 Å². The molecule has 1 aromatic heterocycles. The summed E-state index contributed by atoms with van der Waals surface area (Å²) in [6, 6.07) is 0.505. The van der Waals surface area contributed by atoms with E-state index in [0.717, 1.165) is 13.0 Å². The Morgan fingerprint density at radius 1 is 1.62 bits per heavy atom. The smallest absolute Gasteiger partial charge is 0.228 e. The van der Waals surface area contributed by atoms with Crippen molar-refractivity contribution in [2.45, 2.75) is 38.6 Å². The molecule has 1 atom stereocenters. The molecule has 2 heterocycles. The zero-order valence-corrected chi connectivity index (χ0v) is 9.77. The van der Waals surface area contributed by atoms with Gasteiger partial charge in [0, 0.05) is 12.5 Å². The molecule has 1 saturated heterocycles. The van der Waals surface area contributed by atoms with Crippen molar-refractivity contribution >= 4 is 5.78 Å². The van der Waals surface area contributed by atoms with Crippen molar-refractivity contribution in [2.24, 2.45) is 0 Å². The Hall–Kier alpha value is -1.23. The Kier molecular flexibility index (Phi) is 3.33. The summed E-state index contributed by atoms with van der Waals surface area (Å²) in [5, 5.41) is 3.80. The van der Waals surface area contributed by atoms with Crippen LogP contribution in [0.1, 0.15) is 31.5 Å². The molecule has 1 fully saturated rings. The maximum absolute atomic E-state index is 10.9. The van der Waals surface area contributed by atoms with Crippen LogP contribution in [-0.2, 0) is 17.6 Å². The summed E-state index contributed by atoms with van der Waals surface area (Å²) >= 11 is 0. The summed E-state index contributed by atoms with van der Waals surface area (Å²) in [6.07, 6.45) is 3.47. The van der Waals surface area contributed by atoms with Gasteiger partial charge in [-0.15, -0.1) is 0 Å². The van der Waals surface area contributed by atoms with Crippen molar-refractivity contribution < 1.29 is 9.32 Å². The number of Topliss-reactive ketones (excluding diaryl/α,β-unsaturated/α-hetero) is 1. The quantitative estimate of drug-likeness (QED) is 0.757. The molecule has 5 nitrogen and oxygen atoms in total. The SMILES string of the molecule is CC(=O)Cc1noc(CC2CCCN2C)n1. The Morgan fingerprint density at radius 2 is 2.44 bits per heavy atom. The highest BCUT2D eigenvalue weighted by atomic mass is 16.5. The van der Waals surface area contributed by atoms with Crippen LogP contribution in [0.2, 0.25) is 0 Å². The topological polar surface area (TPSA) is 59.2 Å². The van der Waals surface area contributed by atoms with E-state index in [-0.39, 0.29) is 12.2 Å². The number of hydrogen-bond acceptors (Lipinski definition) is 5. The number of hydrogen-bond donors (Lipinski definition) is 0. The van der Waals surface area contributed by atoms with Gasteiger partial charge in [0.2, 0.25) is 5.89 Å². The first-order chi connectivity index (χ1) is 7.65. The molecule has 0 aromatic carbocycles. The van der Waals surface area contributed by atoms with E-state index in [0.29, 0.717) is 17.8 Å². The third-order valence-electron chi connectivity index (χ3n) is 3.00. The van der Waals surface area contributed by atoms with E-state index in [4.69, 9.17) is 4.52 Å². The fraction of sp³-hybridized carbons (Fsp3) is 0.727. The number of likely N-dealkylation sites (tertiary alicyclic amines) is 1. The monoisotopic (exact) mass is 223 g/mol. The summed E-state index contributed by atoms with van der Waals surface area (Å²) in [7, 11) is 2.12. The highest BCUT2D eigenvalue weighted by Crippen LogP contribution is 2.18. The zero-order valence-electron chi connectivity index (χ0n) is 9.77. The molecule has 1 unspecified atom stereocenters. The fourth-order valence-corrected chi connectivity index (χ4v) is 2.11. The summed E-state index contributed by atoms with van der Waals surface area (Å²) in [5.74, 6) is 1.21. The van der Waals surface area contributed by atoms with Crippen LogP contribution >= 0.6 is 0 Å². The van der Waals surface area contributed by atoms with E-state index in [1.54, 1.807) is 0 Å². The van der Waals surface area contributed by atoms with Gasteiger partial charge < -0.3 is 9.42 Å². The van der Waals surface area contributed by atoms with Crippen LogP contribution in [0.15, 0.2) is 4.52 Å². The third-order valence-corrected chi connectivity index (χ3v) is 3.00. The first-order valence-electron chi connectivity index (χ1n) is 5.66. The van der Waals surface area contributed by atoms with Crippen LogP contribution in [0.5, 0.6) is 0 Å². The highest BCUT2D eigenvalue weighted by Gasteiger charge is 2.23. The van der Waals surface area contributed by atoms with Crippen molar-refractivity contribution in [1.29, 1.82) is 0 Å². The maximum Gasteiger partial charge on any atom is 0.228 e. The lowest BCUT2D eigenvalue weighted by Crippen LogP contribution is -2.26. The van der Waals surface area contributed by atoms with E-state index < -0.39 is 0 Å². The molecule has 1 aliphatic heterocycles. The van der Waals surface area contributed by atoms with Gasteiger partial charge in [0.15, 0.2) is 5.82 Å². The molecule has 2 rings (SSSR count). The molecule has 0 amide bonds. The first-order valence-corrected chi connectivity index (χ1v) is 5.66. The van der Waals surface area contributed by atoms with Gasteiger partial charge in [-0.1, -0.05) is 5.16 Å². The van der Waals surface area contributed by atoms with E-state index in [1.165, 1.54) is 19.8 Å². The molecule has 88 valence electrons. The van der Waals surface area contributed by atoms with Crippen molar-refractivity contribution in [3.63, 3.8) is 0 Å². The number of rotatable bonds is 4. The minimum absolute atomic E-state index is 0.0605. The summed E-state index contributed by atoms with van der Waals surface area (Å²) in [4.78, 5) is 17.4. The van der Waals surface area contributed by atoms with Crippen molar-refractivity contribution in [3.05, 3.63) is 11.7 Å². The van der Waals surface area contributed by atoms with Crippen molar-refractivity contribution in [3.8, 4) is 0 Å². The molecular weight excluding hydrogens is 206 g/mol. The Bertz CT molecular complexity index is 375. The lowest BCUT2D eigenvalue weighted by atomic mass is 10.1. The van der Waals surface area contributed by atoms with Crippen LogP contribution in [0.4, 0.5) is 0 Å². The normalized spacial score (nSPS) is 21.5. The van der Waals surface area contributed by atoms with Crippen LogP contribution < -0.4 is 0 Å². The van der Waals surface area contributed by atoms with E-state index in [2.05, 4.69) is 22.1 Å². The molecular formula is C11H17N3O2. The standard InChI is InChI=1S/C11H17N3O2/c1-8(15)6-10-12-11(16-13-10)7-9-4-3-5-14(9)2/h9H,3-7H2,1-2H3. The molecule has 0 spiro atoms. The fourth-order valence-electron chi connectivity index (χ4n) is 2.11. The minimum atomic E-state index is 0.0605. The average molecular weight is 223 g/mol. The lowest BCUT2D eigenvalue weighted by molar-refractivity contribution is -0.116. The van der Waals surface area contributed by atoms with Crippen LogP contribution in [0, 0.1) is 0 Å². The second-order valence-corrected chi connectivity index (χ2v) is 4.46. The largest absolute Gasteiger partial charge is 0.339 e. The lowest BCUT2D eigenvalue weighted by Gasteiger charge is -2.16. The number of aromatic nitrogens is 2. The first kappa shape index (κ1) is 11.3. The molecule has 5 heteroatoms. The average Bonchev–Trinajstić information content (AvgIpc) is 2.77. The van der Waals surface area contributed by atoms with E-state index in [9.17, 15) is 4.79 Å². The second-order valence-electron chi connectivity index (χ2n) is 4.46. The minimum Gasteiger partial charge on any atom is -0.339 e. The van der Waals surface area contributed by atoms with Gasteiger partial charge in [0.25, 0.3) is 0 Å². The number of carbonyl (C=O) groups is 1.